The minimum Gasteiger partial charge on any atom is -0.373 e. The first-order chi connectivity index (χ1) is 7.63. The van der Waals surface area contributed by atoms with E-state index in [1.54, 1.807) is 6.20 Å². The SMILES string of the molecule is CNc1nc(C)nc(-n2ccnc2C)c1C. The topological polar surface area (TPSA) is 55.6 Å². The van der Waals surface area contributed by atoms with Crippen LogP contribution < -0.4 is 5.32 Å². The number of nitrogens with zero attached hydrogens (tertiary/aromatic N) is 4. The van der Waals surface area contributed by atoms with Gasteiger partial charge in [0.05, 0.1) is 0 Å². The van der Waals surface area contributed by atoms with Gasteiger partial charge in [-0.1, -0.05) is 0 Å². The van der Waals surface area contributed by atoms with E-state index < -0.39 is 0 Å². The van der Waals surface area contributed by atoms with Crippen molar-refractivity contribution in [1.82, 2.24) is 19.5 Å². The number of imidazole rings is 1. The van der Waals surface area contributed by atoms with Crippen molar-refractivity contribution in [3.63, 3.8) is 0 Å². The third-order valence-electron chi connectivity index (χ3n) is 2.52. The third kappa shape index (κ3) is 1.64. The Bertz CT molecular complexity index is 515. The molecule has 84 valence electrons. The molecule has 2 rings (SSSR count). The van der Waals surface area contributed by atoms with Gasteiger partial charge in [-0.05, 0) is 20.8 Å². The smallest absolute Gasteiger partial charge is 0.146 e. The summed E-state index contributed by atoms with van der Waals surface area (Å²) >= 11 is 0. The molecule has 16 heavy (non-hydrogen) atoms. The van der Waals surface area contributed by atoms with Crippen molar-refractivity contribution in [2.45, 2.75) is 20.8 Å². The van der Waals surface area contributed by atoms with E-state index in [0.29, 0.717) is 0 Å². The number of anilines is 1. The van der Waals surface area contributed by atoms with Gasteiger partial charge in [0, 0.05) is 25.0 Å². The molecule has 5 nitrogen and oxygen atoms in total. The number of rotatable bonds is 2. The normalized spacial score (nSPS) is 10.5. The van der Waals surface area contributed by atoms with E-state index in [4.69, 9.17) is 0 Å². The van der Waals surface area contributed by atoms with Gasteiger partial charge in [0.25, 0.3) is 0 Å². The first-order valence-electron chi connectivity index (χ1n) is 5.16. The van der Waals surface area contributed by atoms with Crippen LogP contribution in [-0.4, -0.2) is 26.6 Å². The standard InChI is InChI=1S/C11H15N5/c1-7-10(12-4)14-8(2)15-11(7)16-6-5-13-9(16)3/h5-6H,1-4H3,(H,12,14,15). The molecule has 0 aromatic carbocycles. The Balaban J connectivity index is 2.65. The van der Waals surface area contributed by atoms with Crippen molar-refractivity contribution in [2.75, 3.05) is 12.4 Å². The summed E-state index contributed by atoms with van der Waals surface area (Å²) in [5.41, 5.74) is 1.02. The Labute approximate surface area is 94.6 Å². The monoisotopic (exact) mass is 217 g/mol. The summed E-state index contributed by atoms with van der Waals surface area (Å²) in [6.07, 6.45) is 3.68. The molecule has 1 N–H and O–H groups in total. The van der Waals surface area contributed by atoms with E-state index in [-0.39, 0.29) is 0 Å². The number of nitrogens with one attached hydrogen (secondary N) is 1. The van der Waals surface area contributed by atoms with Crippen LogP contribution >= 0.6 is 0 Å². The maximum Gasteiger partial charge on any atom is 0.146 e. The quantitative estimate of drug-likeness (QED) is 0.830. The summed E-state index contributed by atoms with van der Waals surface area (Å²) in [5, 5.41) is 3.07. The number of hydrogen-bond acceptors (Lipinski definition) is 4. The van der Waals surface area contributed by atoms with Crippen molar-refractivity contribution in [3.8, 4) is 5.82 Å². The fourth-order valence-corrected chi connectivity index (χ4v) is 1.69. The lowest BCUT2D eigenvalue weighted by Gasteiger charge is -2.12. The van der Waals surface area contributed by atoms with Crippen molar-refractivity contribution in [2.24, 2.45) is 0 Å². The van der Waals surface area contributed by atoms with Gasteiger partial charge >= 0.3 is 0 Å². The van der Waals surface area contributed by atoms with E-state index >= 15 is 0 Å². The van der Waals surface area contributed by atoms with Gasteiger partial charge in [-0.3, -0.25) is 4.57 Å². The molecule has 0 saturated heterocycles. The lowest BCUT2D eigenvalue weighted by atomic mass is 10.3. The van der Waals surface area contributed by atoms with Crippen molar-refractivity contribution in [3.05, 3.63) is 29.6 Å². The molecule has 2 heterocycles. The molecule has 0 unspecified atom stereocenters. The number of aryl methyl sites for hydroxylation is 2. The molecule has 0 fully saturated rings. The fraction of sp³-hybridized carbons (Fsp3) is 0.364. The lowest BCUT2D eigenvalue weighted by molar-refractivity contribution is 0.886. The van der Waals surface area contributed by atoms with Gasteiger partial charge < -0.3 is 5.32 Å². The average molecular weight is 217 g/mol. The number of aromatic nitrogens is 4. The van der Waals surface area contributed by atoms with Gasteiger partial charge in [-0.2, -0.15) is 0 Å². The van der Waals surface area contributed by atoms with E-state index in [2.05, 4.69) is 20.3 Å². The molecule has 2 aromatic rings. The van der Waals surface area contributed by atoms with Gasteiger partial charge in [-0.25, -0.2) is 15.0 Å². The zero-order valence-corrected chi connectivity index (χ0v) is 9.94. The average Bonchev–Trinajstić information content (AvgIpc) is 2.67. The molecular weight excluding hydrogens is 202 g/mol. The summed E-state index contributed by atoms with van der Waals surface area (Å²) in [6, 6.07) is 0. The minimum absolute atomic E-state index is 0.748. The molecule has 2 aromatic heterocycles. The molecule has 0 spiro atoms. The first kappa shape index (κ1) is 10.6. The first-order valence-corrected chi connectivity index (χ1v) is 5.16. The summed E-state index contributed by atoms with van der Waals surface area (Å²) in [5.74, 6) is 3.41. The van der Waals surface area contributed by atoms with Crippen LogP contribution in [0.1, 0.15) is 17.2 Å². The van der Waals surface area contributed by atoms with Crippen LogP contribution in [0, 0.1) is 20.8 Å². The second-order valence-electron chi connectivity index (χ2n) is 3.66. The van der Waals surface area contributed by atoms with E-state index in [0.717, 1.165) is 28.8 Å². The van der Waals surface area contributed by atoms with E-state index in [1.165, 1.54) is 0 Å². The van der Waals surface area contributed by atoms with Crippen LogP contribution in [-0.2, 0) is 0 Å². The van der Waals surface area contributed by atoms with Crippen LogP contribution in [0.3, 0.4) is 0 Å². The van der Waals surface area contributed by atoms with Crippen LogP contribution in [0.4, 0.5) is 5.82 Å². The fourth-order valence-electron chi connectivity index (χ4n) is 1.69. The van der Waals surface area contributed by atoms with Crippen LogP contribution in [0.25, 0.3) is 5.82 Å². The van der Waals surface area contributed by atoms with Crippen LogP contribution in [0.2, 0.25) is 0 Å². The molecule has 0 aliphatic heterocycles. The second-order valence-corrected chi connectivity index (χ2v) is 3.66. The highest BCUT2D eigenvalue weighted by molar-refractivity contribution is 5.51. The van der Waals surface area contributed by atoms with Crippen molar-refractivity contribution < 1.29 is 0 Å². The molecule has 0 aliphatic rings. The van der Waals surface area contributed by atoms with Gasteiger partial charge in [0.2, 0.25) is 0 Å². The van der Waals surface area contributed by atoms with E-state index in [9.17, 15) is 0 Å². The highest BCUT2D eigenvalue weighted by atomic mass is 15.1. The third-order valence-corrected chi connectivity index (χ3v) is 2.52. The van der Waals surface area contributed by atoms with E-state index in [1.807, 2.05) is 38.6 Å². The molecule has 0 bridgehead atoms. The largest absolute Gasteiger partial charge is 0.373 e. The molecular formula is C11H15N5. The summed E-state index contributed by atoms with van der Waals surface area (Å²) in [7, 11) is 1.86. The zero-order valence-electron chi connectivity index (χ0n) is 9.94. The maximum absolute atomic E-state index is 4.46. The molecule has 0 aliphatic carbocycles. The summed E-state index contributed by atoms with van der Waals surface area (Å²) in [6.45, 7) is 5.84. The predicted molar refractivity (Wildman–Crippen MR) is 62.9 cm³/mol. The Morgan fingerprint density at radius 1 is 1.19 bits per heavy atom. The highest BCUT2D eigenvalue weighted by Crippen LogP contribution is 2.19. The maximum atomic E-state index is 4.46. The van der Waals surface area contributed by atoms with Gasteiger partial charge in [-0.15, -0.1) is 0 Å². The summed E-state index contributed by atoms with van der Waals surface area (Å²) in [4.78, 5) is 13.0. The Morgan fingerprint density at radius 3 is 2.50 bits per heavy atom. The molecule has 0 atom stereocenters. The lowest BCUT2D eigenvalue weighted by Crippen LogP contribution is -2.08. The van der Waals surface area contributed by atoms with Gasteiger partial charge in [0.15, 0.2) is 0 Å². The second kappa shape index (κ2) is 3.92. The molecule has 0 radical (unpaired) electrons. The van der Waals surface area contributed by atoms with Crippen LogP contribution in [0.5, 0.6) is 0 Å². The Morgan fingerprint density at radius 2 is 1.94 bits per heavy atom. The van der Waals surface area contributed by atoms with Gasteiger partial charge in [0.1, 0.15) is 23.3 Å². The number of hydrogen-bond donors (Lipinski definition) is 1. The molecule has 0 saturated carbocycles. The Hall–Kier alpha value is -1.91. The minimum atomic E-state index is 0.748. The predicted octanol–water partition coefficient (Wildman–Crippen LogP) is 1.63. The zero-order chi connectivity index (χ0) is 11.7. The summed E-state index contributed by atoms with van der Waals surface area (Å²) < 4.78 is 1.96. The molecule has 5 heteroatoms. The van der Waals surface area contributed by atoms with Crippen molar-refractivity contribution in [1.29, 1.82) is 0 Å². The Kier molecular flexibility index (Phi) is 2.60. The van der Waals surface area contributed by atoms with Crippen LogP contribution in [0.15, 0.2) is 12.4 Å². The molecule has 0 amide bonds. The highest BCUT2D eigenvalue weighted by Gasteiger charge is 2.11. The van der Waals surface area contributed by atoms with Crippen molar-refractivity contribution >= 4 is 5.82 Å².